The van der Waals surface area contributed by atoms with Gasteiger partial charge < -0.3 is 30.1 Å². The Kier molecular flexibility index (Phi) is 7.14. The summed E-state index contributed by atoms with van der Waals surface area (Å²) >= 11 is 0. The van der Waals surface area contributed by atoms with Crippen LogP contribution < -0.4 is 10.5 Å². The van der Waals surface area contributed by atoms with Gasteiger partial charge in [0.1, 0.15) is 5.75 Å². The summed E-state index contributed by atoms with van der Waals surface area (Å²) in [7, 11) is 0. The lowest BCUT2D eigenvalue weighted by Crippen LogP contribution is -2.51. The number of piperazine rings is 1. The fourth-order valence-corrected chi connectivity index (χ4v) is 3.56. The second-order valence-electron chi connectivity index (χ2n) is 7.23. The van der Waals surface area contributed by atoms with Gasteiger partial charge in [0.25, 0.3) is 0 Å². The fourth-order valence-electron chi connectivity index (χ4n) is 3.56. The van der Waals surface area contributed by atoms with Crippen molar-refractivity contribution in [1.82, 2.24) is 9.80 Å². The predicted octanol–water partition coefficient (Wildman–Crippen LogP) is 1.76. The highest BCUT2D eigenvalue weighted by Gasteiger charge is 2.26. The van der Waals surface area contributed by atoms with E-state index in [2.05, 4.69) is 0 Å². The molecule has 0 aliphatic carbocycles. The zero-order valence-corrected chi connectivity index (χ0v) is 17.7. The van der Waals surface area contributed by atoms with Crippen LogP contribution in [0.5, 0.6) is 5.75 Å². The van der Waals surface area contributed by atoms with Crippen LogP contribution in [0.2, 0.25) is 0 Å². The van der Waals surface area contributed by atoms with Crippen LogP contribution >= 0.6 is 0 Å². The van der Waals surface area contributed by atoms with Crippen LogP contribution in [0.15, 0.2) is 30.3 Å². The number of nitrogens with zero attached hydrogens (tertiary/aromatic N) is 2. The molecule has 0 unspecified atom stereocenters. The Morgan fingerprint density at radius 2 is 1.69 bits per heavy atom. The number of ketones is 1. The molecule has 10 heteroatoms. The number of carbonyl (C=O) groups excluding carboxylic acids is 3. The summed E-state index contributed by atoms with van der Waals surface area (Å²) in [6.07, 6.45) is -0.754. The normalized spacial score (nSPS) is 13.7. The molecule has 0 bridgehead atoms. The van der Waals surface area contributed by atoms with Gasteiger partial charge in [-0.3, -0.25) is 9.59 Å². The lowest BCUT2D eigenvalue weighted by atomic mass is 9.99. The Morgan fingerprint density at radius 3 is 2.34 bits per heavy atom. The molecule has 3 N–H and O–H groups in total. The molecule has 170 valence electrons. The monoisotopic (exact) mass is 443 g/mol. The number of amides is 2. The van der Waals surface area contributed by atoms with Crippen molar-refractivity contribution in [2.45, 2.75) is 13.3 Å². The number of nitrogen functional groups attached to an aromatic ring is 1. The topological polar surface area (TPSA) is 139 Å². The zero-order valence-electron chi connectivity index (χ0n) is 17.7. The third-order valence-electron chi connectivity index (χ3n) is 5.18. The summed E-state index contributed by atoms with van der Waals surface area (Å²) in [5.74, 6) is -1.52. The van der Waals surface area contributed by atoms with Crippen molar-refractivity contribution in [1.29, 1.82) is 0 Å². The summed E-state index contributed by atoms with van der Waals surface area (Å²) in [5, 5.41) is 9.93. The molecule has 10 nitrogen and oxygen atoms in total. The van der Waals surface area contributed by atoms with E-state index in [0.717, 1.165) is 0 Å². The summed E-state index contributed by atoms with van der Waals surface area (Å²) in [6.45, 7) is 2.84. The minimum absolute atomic E-state index is 0.202. The molecule has 0 radical (unpaired) electrons. The van der Waals surface area contributed by atoms with E-state index in [1.807, 2.05) is 0 Å². The molecule has 2 aromatic carbocycles. The van der Waals surface area contributed by atoms with Crippen LogP contribution in [0, 0.1) is 0 Å². The van der Waals surface area contributed by atoms with E-state index in [4.69, 9.17) is 20.3 Å². The third kappa shape index (κ3) is 5.08. The predicted molar refractivity (Wildman–Crippen MR) is 116 cm³/mol. The number of nitrogens with two attached hydrogens (primary N) is 1. The number of carbonyl (C=O) groups is 4. The van der Waals surface area contributed by atoms with Crippen LogP contribution in [0.4, 0.5) is 10.5 Å². The van der Waals surface area contributed by atoms with Crippen molar-refractivity contribution in [3.63, 3.8) is 0 Å². The molecule has 0 atom stereocenters. The minimum atomic E-state index is -1.11. The molecule has 1 saturated heterocycles. The molecule has 2 aromatic rings. The Balaban J connectivity index is 1.68. The van der Waals surface area contributed by atoms with Gasteiger partial charge in [-0.15, -0.1) is 0 Å². The van der Waals surface area contributed by atoms with E-state index in [0.29, 0.717) is 42.7 Å². The van der Waals surface area contributed by atoms with Crippen LogP contribution in [0.1, 0.15) is 23.7 Å². The van der Waals surface area contributed by atoms with E-state index >= 15 is 0 Å². The van der Waals surface area contributed by atoms with Crippen molar-refractivity contribution < 1.29 is 33.8 Å². The number of fused-ring (bicyclic) bond motifs is 1. The van der Waals surface area contributed by atoms with E-state index in [1.165, 1.54) is 11.0 Å². The second-order valence-corrected chi connectivity index (χ2v) is 7.23. The highest BCUT2D eigenvalue weighted by atomic mass is 16.6. The Morgan fingerprint density at radius 1 is 1.00 bits per heavy atom. The number of rotatable bonds is 7. The van der Waals surface area contributed by atoms with Gasteiger partial charge in [-0.25, -0.2) is 9.59 Å². The number of carboxylic acid groups (broad SMARTS) is 1. The lowest BCUT2D eigenvalue weighted by Gasteiger charge is -2.34. The number of ether oxygens (including phenoxy) is 2. The first-order valence-electron chi connectivity index (χ1n) is 10.2. The van der Waals surface area contributed by atoms with Crippen LogP contribution in [-0.2, 0) is 14.3 Å². The summed E-state index contributed by atoms with van der Waals surface area (Å²) in [6, 6.07) is 8.10. The number of hydrogen-bond donors (Lipinski definition) is 2. The van der Waals surface area contributed by atoms with Gasteiger partial charge >= 0.3 is 12.1 Å². The molecule has 32 heavy (non-hydrogen) atoms. The van der Waals surface area contributed by atoms with Crippen molar-refractivity contribution in [2.75, 3.05) is 45.1 Å². The molecule has 1 aliphatic heterocycles. The number of aliphatic carboxylic acids is 1. The molecule has 3 rings (SSSR count). The van der Waals surface area contributed by atoms with Crippen molar-refractivity contribution in [3.8, 4) is 5.75 Å². The highest BCUT2D eigenvalue weighted by molar-refractivity contribution is 6.14. The lowest BCUT2D eigenvalue weighted by molar-refractivity contribution is -0.139. The second kappa shape index (κ2) is 9.99. The van der Waals surface area contributed by atoms with Gasteiger partial charge in [-0.1, -0.05) is 12.1 Å². The van der Waals surface area contributed by atoms with E-state index in [9.17, 15) is 19.2 Å². The highest BCUT2D eigenvalue weighted by Crippen LogP contribution is 2.32. The summed E-state index contributed by atoms with van der Waals surface area (Å²) < 4.78 is 10.2. The minimum Gasteiger partial charge on any atom is -0.481 e. The average Bonchev–Trinajstić information content (AvgIpc) is 2.78. The molecule has 0 aromatic heterocycles. The molecule has 1 heterocycles. The van der Waals surface area contributed by atoms with Gasteiger partial charge in [0.2, 0.25) is 5.91 Å². The number of benzene rings is 2. The SMILES string of the molecule is CCOC(=O)N1CCN(C(=O)CC(=O)c2ccc3c(OCC(=O)O)cccc3c2N)CC1. The summed E-state index contributed by atoms with van der Waals surface area (Å²) in [5.41, 5.74) is 6.62. The number of hydrogen-bond acceptors (Lipinski definition) is 7. The fraction of sp³-hybridized carbons (Fsp3) is 0.364. The first kappa shape index (κ1) is 22.9. The molecule has 1 aliphatic rings. The van der Waals surface area contributed by atoms with Crippen LogP contribution in [0.25, 0.3) is 10.8 Å². The smallest absolute Gasteiger partial charge is 0.409 e. The van der Waals surface area contributed by atoms with Crippen molar-refractivity contribution in [2.24, 2.45) is 0 Å². The maximum atomic E-state index is 12.8. The quantitative estimate of drug-likeness (QED) is 0.375. The Hall–Kier alpha value is -3.82. The van der Waals surface area contributed by atoms with E-state index < -0.39 is 24.5 Å². The van der Waals surface area contributed by atoms with E-state index in [-0.39, 0.29) is 30.2 Å². The maximum Gasteiger partial charge on any atom is 0.409 e. The number of Topliss-reactive ketones (excluding diaryl/α,β-unsaturated/α-hetero) is 1. The largest absolute Gasteiger partial charge is 0.481 e. The van der Waals surface area contributed by atoms with Crippen LogP contribution in [-0.4, -0.2) is 78.1 Å². The standard InChI is InChI=1S/C22H25N3O7/c1-2-31-22(30)25-10-8-24(9-11-25)19(27)12-17(26)16-7-6-14-15(21(16)23)4-3-5-18(14)32-13-20(28)29/h3-7H,2,8-13,23H2,1H3,(H,28,29). The van der Waals surface area contributed by atoms with E-state index in [1.54, 1.807) is 36.1 Å². The molecule has 0 saturated carbocycles. The molecular weight excluding hydrogens is 418 g/mol. The van der Waals surface area contributed by atoms with Crippen LogP contribution in [0.3, 0.4) is 0 Å². The zero-order chi connectivity index (χ0) is 23.3. The van der Waals surface area contributed by atoms with Gasteiger partial charge in [0, 0.05) is 42.5 Å². The van der Waals surface area contributed by atoms with Gasteiger partial charge in [-0.2, -0.15) is 0 Å². The number of carboxylic acids is 1. The third-order valence-corrected chi connectivity index (χ3v) is 5.18. The molecular formula is C22H25N3O7. The van der Waals surface area contributed by atoms with Crippen molar-refractivity contribution >= 4 is 40.2 Å². The molecule has 0 spiro atoms. The van der Waals surface area contributed by atoms with Gasteiger partial charge in [-0.05, 0) is 25.1 Å². The Bertz CT molecular complexity index is 1050. The molecule has 1 fully saturated rings. The van der Waals surface area contributed by atoms with Crippen molar-refractivity contribution in [3.05, 3.63) is 35.9 Å². The summed E-state index contributed by atoms with van der Waals surface area (Å²) in [4.78, 5) is 51.0. The average molecular weight is 443 g/mol. The maximum absolute atomic E-state index is 12.8. The first-order chi connectivity index (χ1) is 15.3. The van der Waals surface area contributed by atoms with Gasteiger partial charge in [0.05, 0.1) is 18.7 Å². The Labute approximate surface area is 184 Å². The first-order valence-corrected chi connectivity index (χ1v) is 10.2. The van der Waals surface area contributed by atoms with Gasteiger partial charge in [0.15, 0.2) is 12.4 Å². The molecule has 2 amide bonds. The number of anilines is 1.